The van der Waals surface area contributed by atoms with Crippen LogP contribution in [0.5, 0.6) is 0 Å². The Morgan fingerprint density at radius 1 is 1.19 bits per heavy atom. The zero-order valence-electron chi connectivity index (χ0n) is 14.7. The number of carbonyl (C=O) groups is 1. The van der Waals surface area contributed by atoms with Crippen molar-refractivity contribution in [2.45, 2.75) is 37.0 Å². The van der Waals surface area contributed by atoms with Crippen LogP contribution in [-0.4, -0.2) is 27.4 Å². The average Bonchev–Trinajstić information content (AvgIpc) is 2.89. The van der Waals surface area contributed by atoms with E-state index in [9.17, 15) is 13.2 Å². The summed E-state index contributed by atoms with van der Waals surface area (Å²) in [7, 11) is -3.60. The maximum atomic E-state index is 12.8. The summed E-state index contributed by atoms with van der Waals surface area (Å²) in [6.45, 7) is 2.93. The molecule has 2 aromatic rings. The van der Waals surface area contributed by atoms with Gasteiger partial charge in [-0.15, -0.1) is 0 Å². The second kappa shape index (κ2) is 6.52. The Bertz CT molecular complexity index is 955. The van der Waals surface area contributed by atoms with E-state index in [4.69, 9.17) is 0 Å². The molecule has 136 valence electrons. The molecule has 6 heteroatoms. The number of sulfonamides is 1. The number of anilines is 1. The van der Waals surface area contributed by atoms with Crippen LogP contribution in [0.1, 0.15) is 36.0 Å². The Morgan fingerprint density at radius 2 is 1.96 bits per heavy atom. The minimum atomic E-state index is -3.60. The molecule has 1 amide bonds. The van der Waals surface area contributed by atoms with Crippen LogP contribution < -0.4 is 9.62 Å². The normalized spacial score (nSPS) is 18.9. The third kappa shape index (κ3) is 2.93. The molecule has 0 spiro atoms. The van der Waals surface area contributed by atoms with E-state index < -0.39 is 10.0 Å². The van der Waals surface area contributed by atoms with Gasteiger partial charge in [-0.2, -0.15) is 0 Å². The fourth-order valence-corrected chi connectivity index (χ4v) is 5.00. The van der Waals surface area contributed by atoms with Gasteiger partial charge in [0.2, 0.25) is 15.9 Å². The number of hydrogen-bond acceptors (Lipinski definition) is 3. The fourth-order valence-electron chi connectivity index (χ4n) is 3.88. The molecule has 0 saturated heterocycles. The molecule has 4 rings (SSSR count). The van der Waals surface area contributed by atoms with Gasteiger partial charge in [0.25, 0.3) is 0 Å². The lowest BCUT2D eigenvalue weighted by molar-refractivity contribution is -0.119. The third-order valence-electron chi connectivity index (χ3n) is 5.25. The molecular weight excluding hydrogens is 348 g/mol. The smallest absolute Gasteiger partial charge is 0.240 e. The minimum Gasteiger partial charge on any atom is -0.311 e. The van der Waals surface area contributed by atoms with Crippen molar-refractivity contribution in [3.8, 4) is 0 Å². The minimum absolute atomic E-state index is 0.0764. The molecule has 0 radical (unpaired) electrons. The van der Waals surface area contributed by atoms with Crippen molar-refractivity contribution in [1.82, 2.24) is 4.72 Å². The highest BCUT2D eigenvalue weighted by molar-refractivity contribution is 7.89. The number of carbonyl (C=O) groups excluding carboxylic acids is 1. The summed E-state index contributed by atoms with van der Waals surface area (Å²) >= 11 is 0. The summed E-state index contributed by atoms with van der Waals surface area (Å²) in [5, 5.41) is 0. The SMILES string of the molecule is C[C@@H]1C(=O)N2CCCc3cc(S(=O)(=O)NCCc4ccccc4)cc1c32. The van der Waals surface area contributed by atoms with E-state index in [-0.39, 0.29) is 16.7 Å². The van der Waals surface area contributed by atoms with Gasteiger partial charge in [0.15, 0.2) is 0 Å². The molecule has 26 heavy (non-hydrogen) atoms. The molecule has 2 aliphatic heterocycles. The largest absolute Gasteiger partial charge is 0.311 e. The van der Waals surface area contributed by atoms with Crippen LogP contribution in [0.2, 0.25) is 0 Å². The molecule has 0 aliphatic carbocycles. The molecule has 2 heterocycles. The van der Waals surface area contributed by atoms with E-state index >= 15 is 0 Å². The van der Waals surface area contributed by atoms with Gasteiger partial charge in [0.1, 0.15) is 0 Å². The van der Waals surface area contributed by atoms with Gasteiger partial charge < -0.3 is 4.90 Å². The van der Waals surface area contributed by atoms with E-state index in [1.165, 1.54) is 0 Å². The van der Waals surface area contributed by atoms with Crippen LogP contribution >= 0.6 is 0 Å². The summed E-state index contributed by atoms with van der Waals surface area (Å²) in [6, 6.07) is 13.2. The Labute approximate surface area is 154 Å². The van der Waals surface area contributed by atoms with E-state index in [0.29, 0.717) is 13.0 Å². The van der Waals surface area contributed by atoms with Gasteiger partial charge in [-0.1, -0.05) is 30.3 Å². The first-order valence-corrected chi connectivity index (χ1v) is 10.5. The summed E-state index contributed by atoms with van der Waals surface area (Å²) < 4.78 is 28.2. The van der Waals surface area contributed by atoms with Crippen molar-refractivity contribution in [2.24, 2.45) is 0 Å². The van der Waals surface area contributed by atoms with Crippen LogP contribution in [0.4, 0.5) is 5.69 Å². The second-order valence-corrected chi connectivity index (χ2v) is 8.74. The molecule has 2 aromatic carbocycles. The summed E-state index contributed by atoms with van der Waals surface area (Å²) in [5.41, 5.74) is 3.84. The highest BCUT2D eigenvalue weighted by Gasteiger charge is 2.38. The van der Waals surface area contributed by atoms with Crippen LogP contribution in [0.3, 0.4) is 0 Å². The highest BCUT2D eigenvalue weighted by atomic mass is 32.2. The van der Waals surface area contributed by atoms with Crippen molar-refractivity contribution in [3.63, 3.8) is 0 Å². The lowest BCUT2D eigenvalue weighted by Gasteiger charge is -2.26. The third-order valence-corrected chi connectivity index (χ3v) is 6.69. The molecule has 0 fully saturated rings. The average molecular weight is 370 g/mol. The number of benzene rings is 2. The van der Waals surface area contributed by atoms with Crippen molar-refractivity contribution in [3.05, 3.63) is 59.2 Å². The lowest BCUT2D eigenvalue weighted by atomic mass is 9.97. The predicted octanol–water partition coefficient (Wildman–Crippen LogP) is 2.60. The number of amides is 1. The van der Waals surface area contributed by atoms with Gasteiger partial charge >= 0.3 is 0 Å². The molecule has 1 atom stereocenters. The van der Waals surface area contributed by atoms with E-state index in [1.54, 1.807) is 12.1 Å². The quantitative estimate of drug-likeness (QED) is 0.880. The molecule has 0 aromatic heterocycles. The van der Waals surface area contributed by atoms with Gasteiger partial charge in [0, 0.05) is 13.1 Å². The zero-order chi connectivity index (χ0) is 18.3. The molecule has 0 unspecified atom stereocenters. The number of nitrogens with zero attached hydrogens (tertiary/aromatic N) is 1. The standard InChI is InChI=1S/C20H22N2O3S/c1-14-18-13-17(12-16-8-5-11-22(19(16)18)20(14)23)26(24,25)21-10-9-15-6-3-2-4-7-15/h2-4,6-7,12-14,21H,5,8-11H2,1H3/t14-/m0/s1. The zero-order valence-corrected chi connectivity index (χ0v) is 15.6. The van der Waals surface area contributed by atoms with Crippen molar-refractivity contribution in [2.75, 3.05) is 18.0 Å². The topological polar surface area (TPSA) is 66.5 Å². The molecule has 0 saturated carbocycles. The van der Waals surface area contributed by atoms with E-state index in [0.717, 1.165) is 41.8 Å². The van der Waals surface area contributed by atoms with E-state index in [1.807, 2.05) is 42.2 Å². The van der Waals surface area contributed by atoms with Crippen LogP contribution in [0.25, 0.3) is 0 Å². The molecular formula is C20H22N2O3S. The van der Waals surface area contributed by atoms with Crippen molar-refractivity contribution in [1.29, 1.82) is 0 Å². The predicted molar refractivity (Wildman–Crippen MR) is 101 cm³/mol. The first-order valence-electron chi connectivity index (χ1n) is 8.99. The maximum absolute atomic E-state index is 12.8. The number of hydrogen-bond donors (Lipinski definition) is 1. The van der Waals surface area contributed by atoms with Crippen LogP contribution in [-0.2, 0) is 27.7 Å². The summed E-state index contributed by atoms with van der Waals surface area (Å²) in [4.78, 5) is 14.5. The maximum Gasteiger partial charge on any atom is 0.240 e. The van der Waals surface area contributed by atoms with E-state index in [2.05, 4.69) is 4.72 Å². The number of nitrogens with one attached hydrogen (secondary N) is 1. The van der Waals surface area contributed by atoms with Crippen LogP contribution in [0, 0.1) is 0 Å². The molecule has 1 N–H and O–H groups in total. The Balaban J connectivity index is 1.59. The number of rotatable bonds is 5. The van der Waals surface area contributed by atoms with Crippen molar-refractivity contribution < 1.29 is 13.2 Å². The van der Waals surface area contributed by atoms with Gasteiger partial charge in [0.05, 0.1) is 16.5 Å². The Kier molecular flexibility index (Phi) is 4.32. The monoisotopic (exact) mass is 370 g/mol. The van der Waals surface area contributed by atoms with Crippen molar-refractivity contribution >= 4 is 21.6 Å². The summed E-state index contributed by atoms with van der Waals surface area (Å²) in [6.07, 6.45) is 2.32. The molecule has 5 nitrogen and oxygen atoms in total. The first kappa shape index (κ1) is 17.2. The fraction of sp³-hybridized carbons (Fsp3) is 0.350. The summed E-state index contributed by atoms with van der Waals surface area (Å²) in [5.74, 6) is -0.200. The van der Waals surface area contributed by atoms with Crippen LogP contribution in [0.15, 0.2) is 47.4 Å². The first-order chi connectivity index (χ1) is 12.5. The molecule has 0 bridgehead atoms. The molecule has 2 aliphatic rings. The van der Waals surface area contributed by atoms with Gasteiger partial charge in [-0.3, -0.25) is 4.79 Å². The Morgan fingerprint density at radius 3 is 2.73 bits per heavy atom. The number of aryl methyl sites for hydroxylation is 1. The lowest BCUT2D eigenvalue weighted by Crippen LogP contribution is -2.32. The van der Waals surface area contributed by atoms with Gasteiger partial charge in [-0.05, 0) is 55.0 Å². The highest BCUT2D eigenvalue weighted by Crippen LogP contribution is 2.43. The Hall–Kier alpha value is -2.18. The van der Waals surface area contributed by atoms with Gasteiger partial charge in [-0.25, -0.2) is 13.1 Å². The second-order valence-electron chi connectivity index (χ2n) is 6.97.